The average molecular weight is 403 g/mol. The van der Waals surface area contributed by atoms with Gasteiger partial charge in [-0.3, -0.25) is 4.79 Å². The van der Waals surface area contributed by atoms with Crippen molar-refractivity contribution in [3.63, 3.8) is 0 Å². The number of anilines is 1. The van der Waals surface area contributed by atoms with E-state index in [1.807, 2.05) is 18.2 Å². The predicted octanol–water partition coefficient (Wildman–Crippen LogP) is 2.88. The van der Waals surface area contributed by atoms with E-state index in [1.165, 1.54) is 11.1 Å². The summed E-state index contributed by atoms with van der Waals surface area (Å²) in [6, 6.07) is 14.6. The largest absolute Gasteiger partial charge is 0.490 e. The van der Waals surface area contributed by atoms with Crippen LogP contribution < -0.4 is 15.4 Å². The van der Waals surface area contributed by atoms with Gasteiger partial charge in [0.25, 0.3) is 0 Å². The van der Waals surface area contributed by atoms with Crippen LogP contribution in [0.1, 0.15) is 29.5 Å². The molecule has 4 rings (SSSR count). The van der Waals surface area contributed by atoms with Crippen molar-refractivity contribution in [2.75, 3.05) is 18.5 Å². The molecule has 0 aromatic heterocycles. The van der Waals surface area contributed by atoms with Gasteiger partial charge in [0.2, 0.25) is 5.91 Å². The van der Waals surface area contributed by atoms with E-state index in [-0.39, 0.29) is 24.9 Å². The Morgan fingerprint density at radius 2 is 1.93 bits per heavy atom. The number of amides is 1. The number of aliphatic hydroxyl groups is 1. The Morgan fingerprint density at radius 3 is 2.79 bits per heavy atom. The summed E-state index contributed by atoms with van der Waals surface area (Å²) in [4.78, 5) is 11.5. The lowest BCUT2D eigenvalue weighted by molar-refractivity contribution is -0.116. The number of nitrogens with one attached hydrogen (secondary N) is 2. The summed E-state index contributed by atoms with van der Waals surface area (Å²) in [6.45, 7) is 0.749. The fourth-order valence-electron chi connectivity index (χ4n) is 3.95. The molecule has 0 saturated carbocycles. The van der Waals surface area contributed by atoms with Crippen molar-refractivity contribution < 1.29 is 14.6 Å². The van der Waals surface area contributed by atoms with E-state index in [4.69, 9.17) is 4.74 Å². The van der Waals surface area contributed by atoms with Crippen molar-refractivity contribution in [1.82, 2.24) is 5.32 Å². The molecule has 2 unspecified atom stereocenters. The number of benzene rings is 2. The molecule has 3 N–H and O–H groups in total. The summed E-state index contributed by atoms with van der Waals surface area (Å²) >= 11 is 0. The van der Waals surface area contributed by atoms with Crippen LogP contribution in [0.5, 0.6) is 5.75 Å². The zero-order valence-electron chi connectivity index (χ0n) is 15.8. The normalized spacial score (nSPS) is 18.9. The van der Waals surface area contributed by atoms with Gasteiger partial charge in [-0.25, -0.2) is 0 Å². The summed E-state index contributed by atoms with van der Waals surface area (Å²) in [6.07, 6.45) is 3.76. The fourth-order valence-corrected chi connectivity index (χ4v) is 3.95. The molecule has 5 nitrogen and oxygen atoms in total. The van der Waals surface area contributed by atoms with Gasteiger partial charge < -0.3 is 20.5 Å². The quantitative estimate of drug-likeness (QED) is 0.694. The summed E-state index contributed by atoms with van der Waals surface area (Å²) < 4.78 is 5.86. The summed E-state index contributed by atoms with van der Waals surface area (Å²) in [5.41, 5.74) is 4.68. The van der Waals surface area contributed by atoms with Gasteiger partial charge in [0.1, 0.15) is 18.5 Å². The number of carbonyl (C=O) groups is 1. The first-order chi connectivity index (χ1) is 13.2. The Balaban J connectivity index is 0.00000225. The minimum Gasteiger partial charge on any atom is -0.490 e. The maximum absolute atomic E-state index is 11.5. The van der Waals surface area contributed by atoms with Gasteiger partial charge in [0.15, 0.2) is 0 Å². The van der Waals surface area contributed by atoms with Crippen LogP contribution in [0.4, 0.5) is 5.69 Å². The molecule has 0 spiro atoms. The lowest BCUT2D eigenvalue weighted by Gasteiger charge is -2.27. The molecule has 2 aromatic rings. The molecule has 28 heavy (non-hydrogen) atoms. The molecule has 150 valence electrons. The standard InChI is InChI=1S/C22H26N2O3.ClH/c25-18(13-23-17-9-8-15-4-1-2-5-16(15)12-17)14-27-21-7-3-6-20-19(21)10-11-22(26)24-20;/h1-7,17-18,23,25H,8-14H2,(H,24,26);1H. The molecule has 6 heteroatoms. The highest BCUT2D eigenvalue weighted by Crippen LogP contribution is 2.31. The van der Waals surface area contributed by atoms with Crippen LogP contribution in [0.15, 0.2) is 42.5 Å². The Bertz CT molecular complexity index is 827. The number of hydrogen-bond donors (Lipinski definition) is 3. The van der Waals surface area contributed by atoms with Gasteiger partial charge in [0.05, 0.1) is 0 Å². The second kappa shape index (κ2) is 9.41. The first-order valence-electron chi connectivity index (χ1n) is 9.72. The Kier molecular flexibility index (Phi) is 6.94. The van der Waals surface area contributed by atoms with E-state index in [9.17, 15) is 9.90 Å². The molecule has 0 fully saturated rings. The van der Waals surface area contributed by atoms with Crippen LogP contribution in [0, 0.1) is 0 Å². The van der Waals surface area contributed by atoms with Gasteiger partial charge in [-0.2, -0.15) is 0 Å². The number of hydrogen-bond acceptors (Lipinski definition) is 4. The lowest BCUT2D eigenvalue weighted by atomic mass is 9.88. The number of aryl methyl sites for hydroxylation is 1. The molecule has 1 aliphatic carbocycles. The topological polar surface area (TPSA) is 70.6 Å². The van der Waals surface area contributed by atoms with Crippen molar-refractivity contribution in [2.45, 2.75) is 44.2 Å². The lowest BCUT2D eigenvalue weighted by Crippen LogP contribution is -2.40. The Morgan fingerprint density at radius 1 is 1.11 bits per heavy atom. The van der Waals surface area contributed by atoms with Crippen molar-refractivity contribution in [3.05, 3.63) is 59.2 Å². The molecular weight excluding hydrogens is 376 g/mol. The number of halogens is 1. The third-order valence-electron chi connectivity index (χ3n) is 5.43. The second-order valence-corrected chi connectivity index (χ2v) is 7.41. The minimum atomic E-state index is -0.573. The fraction of sp³-hybridized carbons (Fsp3) is 0.409. The number of rotatable bonds is 6. The average Bonchev–Trinajstić information content (AvgIpc) is 2.70. The molecule has 2 aromatic carbocycles. The summed E-state index contributed by atoms with van der Waals surface area (Å²) in [7, 11) is 0. The number of carbonyl (C=O) groups excluding carboxylic acids is 1. The minimum absolute atomic E-state index is 0. The summed E-state index contributed by atoms with van der Waals surface area (Å²) in [5.74, 6) is 0.788. The van der Waals surface area contributed by atoms with Gasteiger partial charge >= 0.3 is 0 Å². The first kappa shape index (κ1) is 20.6. The highest BCUT2D eigenvalue weighted by atomic mass is 35.5. The molecule has 1 heterocycles. The van der Waals surface area contributed by atoms with Gasteiger partial charge in [0, 0.05) is 30.3 Å². The molecule has 2 atom stereocenters. The third kappa shape index (κ3) is 4.85. The SMILES string of the molecule is Cl.O=C1CCc2c(cccc2OCC(O)CNC2CCc3ccccc3C2)N1. The van der Waals surface area contributed by atoms with Gasteiger partial charge in [-0.15, -0.1) is 12.4 Å². The third-order valence-corrected chi connectivity index (χ3v) is 5.43. The van der Waals surface area contributed by atoms with Crippen LogP contribution in [0.3, 0.4) is 0 Å². The zero-order chi connectivity index (χ0) is 18.6. The Labute approximate surface area is 171 Å². The zero-order valence-corrected chi connectivity index (χ0v) is 16.6. The van der Waals surface area contributed by atoms with Crippen molar-refractivity contribution >= 4 is 24.0 Å². The van der Waals surface area contributed by atoms with E-state index in [0.29, 0.717) is 25.4 Å². The van der Waals surface area contributed by atoms with E-state index >= 15 is 0 Å². The molecule has 1 aliphatic heterocycles. The number of ether oxygens (including phenoxy) is 1. The second-order valence-electron chi connectivity index (χ2n) is 7.41. The molecular formula is C22H27ClN2O3. The monoisotopic (exact) mass is 402 g/mol. The summed E-state index contributed by atoms with van der Waals surface area (Å²) in [5, 5.41) is 16.7. The number of fused-ring (bicyclic) bond motifs is 2. The van der Waals surface area contributed by atoms with Crippen molar-refractivity contribution in [2.24, 2.45) is 0 Å². The Hall–Kier alpha value is -2.08. The molecule has 0 saturated heterocycles. The van der Waals surface area contributed by atoms with Crippen LogP contribution in [-0.2, 0) is 24.1 Å². The van der Waals surface area contributed by atoms with E-state index in [1.54, 1.807) is 0 Å². The van der Waals surface area contributed by atoms with Crippen LogP contribution in [0.2, 0.25) is 0 Å². The number of aliphatic hydroxyl groups excluding tert-OH is 1. The van der Waals surface area contributed by atoms with E-state index < -0.39 is 6.10 Å². The molecule has 0 radical (unpaired) electrons. The highest BCUT2D eigenvalue weighted by Gasteiger charge is 2.20. The van der Waals surface area contributed by atoms with E-state index in [2.05, 4.69) is 34.9 Å². The van der Waals surface area contributed by atoms with Crippen LogP contribution >= 0.6 is 12.4 Å². The molecule has 1 amide bonds. The van der Waals surface area contributed by atoms with Gasteiger partial charge in [-0.1, -0.05) is 30.3 Å². The highest BCUT2D eigenvalue weighted by molar-refractivity contribution is 5.94. The van der Waals surface area contributed by atoms with Gasteiger partial charge in [-0.05, 0) is 48.9 Å². The maximum atomic E-state index is 11.5. The van der Waals surface area contributed by atoms with Crippen molar-refractivity contribution in [1.29, 1.82) is 0 Å². The molecule has 2 aliphatic rings. The van der Waals surface area contributed by atoms with Crippen LogP contribution in [-0.4, -0.2) is 36.3 Å². The van der Waals surface area contributed by atoms with Crippen LogP contribution in [0.25, 0.3) is 0 Å². The van der Waals surface area contributed by atoms with Crippen molar-refractivity contribution in [3.8, 4) is 5.75 Å². The smallest absolute Gasteiger partial charge is 0.224 e. The maximum Gasteiger partial charge on any atom is 0.224 e. The van der Waals surface area contributed by atoms with E-state index in [0.717, 1.165) is 36.3 Å². The first-order valence-corrected chi connectivity index (χ1v) is 9.72. The predicted molar refractivity (Wildman–Crippen MR) is 112 cm³/mol. The molecule has 0 bridgehead atoms.